The van der Waals surface area contributed by atoms with E-state index in [1.807, 2.05) is 60.7 Å². The summed E-state index contributed by atoms with van der Waals surface area (Å²) in [5.41, 5.74) is 2.96. The average molecular weight is 444 g/mol. The highest BCUT2D eigenvalue weighted by Gasteiger charge is 2.22. The molecule has 0 fully saturated rings. The molecule has 0 aliphatic rings. The molecule has 2 N–H and O–H groups in total. The molecular weight excluding hydrogens is 418 g/mol. The summed E-state index contributed by atoms with van der Waals surface area (Å²) in [6.45, 7) is 0.0635. The highest BCUT2D eigenvalue weighted by Crippen LogP contribution is 2.35. The topological polar surface area (TPSA) is 85.6 Å². The van der Waals surface area contributed by atoms with Crippen molar-refractivity contribution in [1.82, 2.24) is 15.1 Å². The van der Waals surface area contributed by atoms with Crippen LogP contribution in [0.3, 0.4) is 0 Å². The van der Waals surface area contributed by atoms with Gasteiger partial charge in [-0.2, -0.15) is 5.10 Å². The zero-order valence-corrected chi connectivity index (χ0v) is 18.4. The summed E-state index contributed by atoms with van der Waals surface area (Å²) in [6, 6.07) is 24.1. The fraction of sp³-hybridized carbons (Fsp3) is 0.154. The lowest BCUT2D eigenvalue weighted by atomic mass is 10.1. The van der Waals surface area contributed by atoms with E-state index in [0.717, 1.165) is 11.3 Å². The van der Waals surface area contributed by atoms with Gasteiger partial charge in [-0.3, -0.25) is 4.79 Å². The van der Waals surface area contributed by atoms with Crippen molar-refractivity contribution in [3.05, 3.63) is 96.2 Å². The SMILES string of the molecule is COc1ccc(OC)c(-c2nn(-c3ccccc3)cc2C(=O)NCC(O)c2ccccc2)c1. The van der Waals surface area contributed by atoms with E-state index in [9.17, 15) is 9.90 Å². The Hall–Kier alpha value is -4.10. The predicted octanol–water partition coefficient (Wildman–Crippen LogP) is 4.02. The molecule has 1 atom stereocenters. The van der Waals surface area contributed by atoms with E-state index in [1.165, 1.54) is 0 Å². The van der Waals surface area contributed by atoms with Crippen molar-refractivity contribution in [1.29, 1.82) is 0 Å². The van der Waals surface area contributed by atoms with Crippen molar-refractivity contribution in [2.75, 3.05) is 20.8 Å². The van der Waals surface area contributed by atoms with Crippen molar-refractivity contribution in [2.24, 2.45) is 0 Å². The number of nitrogens with one attached hydrogen (secondary N) is 1. The molecule has 4 rings (SSSR count). The first kappa shape index (κ1) is 22.1. The van der Waals surface area contributed by atoms with Crippen LogP contribution in [0.25, 0.3) is 16.9 Å². The van der Waals surface area contributed by atoms with Gasteiger partial charge in [-0.1, -0.05) is 48.5 Å². The summed E-state index contributed by atoms with van der Waals surface area (Å²) in [5, 5.41) is 18.0. The van der Waals surface area contributed by atoms with Gasteiger partial charge < -0.3 is 19.9 Å². The van der Waals surface area contributed by atoms with Crippen molar-refractivity contribution in [3.8, 4) is 28.4 Å². The van der Waals surface area contributed by atoms with Gasteiger partial charge in [-0.05, 0) is 35.9 Å². The number of hydrogen-bond acceptors (Lipinski definition) is 5. The summed E-state index contributed by atoms with van der Waals surface area (Å²) < 4.78 is 12.5. The third-order valence-corrected chi connectivity index (χ3v) is 5.28. The van der Waals surface area contributed by atoms with E-state index in [0.29, 0.717) is 28.3 Å². The molecule has 4 aromatic rings. The largest absolute Gasteiger partial charge is 0.497 e. The maximum Gasteiger partial charge on any atom is 0.255 e. The number of rotatable bonds is 8. The van der Waals surface area contributed by atoms with Crippen LogP contribution in [0.4, 0.5) is 0 Å². The molecule has 0 saturated carbocycles. The zero-order valence-electron chi connectivity index (χ0n) is 18.4. The fourth-order valence-corrected chi connectivity index (χ4v) is 3.53. The molecule has 0 bridgehead atoms. The zero-order chi connectivity index (χ0) is 23.2. The molecule has 7 nitrogen and oxygen atoms in total. The van der Waals surface area contributed by atoms with Gasteiger partial charge in [-0.15, -0.1) is 0 Å². The van der Waals surface area contributed by atoms with Crippen LogP contribution in [-0.2, 0) is 0 Å². The number of aliphatic hydroxyl groups is 1. The minimum absolute atomic E-state index is 0.0635. The number of hydrogen-bond donors (Lipinski definition) is 2. The number of nitrogens with zero attached hydrogens (tertiary/aromatic N) is 2. The molecule has 33 heavy (non-hydrogen) atoms. The molecule has 3 aromatic carbocycles. The van der Waals surface area contributed by atoms with Crippen LogP contribution < -0.4 is 14.8 Å². The van der Waals surface area contributed by atoms with Crippen molar-refractivity contribution in [2.45, 2.75) is 6.10 Å². The molecule has 0 spiro atoms. The van der Waals surface area contributed by atoms with Crippen LogP contribution in [0.5, 0.6) is 11.5 Å². The number of para-hydroxylation sites is 1. The monoisotopic (exact) mass is 443 g/mol. The fourth-order valence-electron chi connectivity index (χ4n) is 3.53. The summed E-state index contributed by atoms with van der Waals surface area (Å²) >= 11 is 0. The van der Waals surface area contributed by atoms with Gasteiger partial charge in [0.05, 0.1) is 31.6 Å². The Morgan fingerprint density at radius 3 is 2.36 bits per heavy atom. The van der Waals surface area contributed by atoms with Gasteiger partial charge >= 0.3 is 0 Å². The summed E-state index contributed by atoms with van der Waals surface area (Å²) in [5.74, 6) is 0.824. The van der Waals surface area contributed by atoms with Crippen molar-refractivity contribution < 1.29 is 19.4 Å². The second-order valence-corrected chi connectivity index (χ2v) is 7.37. The van der Waals surface area contributed by atoms with Gasteiger partial charge in [0.25, 0.3) is 5.91 Å². The number of aliphatic hydroxyl groups excluding tert-OH is 1. The summed E-state index contributed by atoms with van der Waals surface area (Å²) in [6.07, 6.45) is 0.850. The predicted molar refractivity (Wildman–Crippen MR) is 126 cm³/mol. The minimum atomic E-state index is -0.825. The molecule has 1 amide bonds. The normalized spacial score (nSPS) is 11.6. The van der Waals surface area contributed by atoms with Gasteiger partial charge in [0.1, 0.15) is 17.2 Å². The highest BCUT2D eigenvalue weighted by atomic mass is 16.5. The Morgan fingerprint density at radius 2 is 1.70 bits per heavy atom. The maximum atomic E-state index is 13.2. The molecule has 7 heteroatoms. The summed E-state index contributed by atoms with van der Waals surface area (Å²) in [4.78, 5) is 13.2. The quantitative estimate of drug-likeness (QED) is 0.430. The molecule has 1 heterocycles. The van der Waals surface area contributed by atoms with E-state index in [4.69, 9.17) is 14.6 Å². The number of aromatic nitrogens is 2. The number of ether oxygens (including phenoxy) is 2. The second kappa shape index (κ2) is 10.0. The van der Waals surface area contributed by atoms with E-state index >= 15 is 0 Å². The molecule has 0 saturated heterocycles. The van der Waals surface area contributed by atoms with Crippen LogP contribution in [0.1, 0.15) is 22.0 Å². The molecule has 0 aliphatic heterocycles. The van der Waals surface area contributed by atoms with Crippen LogP contribution in [0.15, 0.2) is 85.1 Å². The van der Waals surface area contributed by atoms with E-state index in [1.54, 1.807) is 43.3 Å². The van der Waals surface area contributed by atoms with Crippen LogP contribution in [-0.4, -0.2) is 41.6 Å². The minimum Gasteiger partial charge on any atom is -0.497 e. The van der Waals surface area contributed by atoms with Crippen molar-refractivity contribution >= 4 is 5.91 Å². The third kappa shape index (κ3) is 4.88. The van der Waals surface area contributed by atoms with Gasteiger partial charge in [-0.25, -0.2) is 4.68 Å². The lowest BCUT2D eigenvalue weighted by Crippen LogP contribution is -2.28. The highest BCUT2D eigenvalue weighted by molar-refractivity contribution is 6.00. The maximum absolute atomic E-state index is 13.2. The first-order valence-electron chi connectivity index (χ1n) is 10.5. The first-order chi connectivity index (χ1) is 16.1. The molecule has 0 radical (unpaired) electrons. The molecule has 1 aromatic heterocycles. The van der Waals surface area contributed by atoms with Gasteiger partial charge in [0.2, 0.25) is 0 Å². The van der Waals surface area contributed by atoms with Gasteiger partial charge in [0.15, 0.2) is 0 Å². The number of carbonyl (C=O) groups excluding carboxylic acids is 1. The molecule has 168 valence electrons. The number of amides is 1. The molecule has 0 aliphatic carbocycles. The number of carbonyl (C=O) groups is 1. The Kier molecular flexibility index (Phi) is 6.71. The van der Waals surface area contributed by atoms with E-state index < -0.39 is 6.10 Å². The standard InChI is InChI=1S/C26H25N3O4/c1-32-20-13-14-24(33-2)21(15-20)25-22(17-29(28-25)19-11-7-4-8-12-19)26(31)27-16-23(30)18-9-5-3-6-10-18/h3-15,17,23,30H,16H2,1-2H3,(H,27,31). The van der Waals surface area contributed by atoms with Crippen LogP contribution in [0.2, 0.25) is 0 Å². The Morgan fingerprint density at radius 1 is 1.00 bits per heavy atom. The second-order valence-electron chi connectivity index (χ2n) is 7.37. The van der Waals surface area contributed by atoms with Crippen molar-refractivity contribution in [3.63, 3.8) is 0 Å². The van der Waals surface area contributed by atoms with Crippen LogP contribution >= 0.6 is 0 Å². The third-order valence-electron chi connectivity index (χ3n) is 5.28. The number of methoxy groups -OCH3 is 2. The Balaban J connectivity index is 1.71. The molecular formula is C26H25N3O4. The first-order valence-corrected chi connectivity index (χ1v) is 10.5. The average Bonchev–Trinajstić information content (AvgIpc) is 3.33. The molecule has 1 unspecified atom stereocenters. The Labute approximate surface area is 192 Å². The Bertz CT molecular complexity index is 1220. The summed E-state index contributed by atoms with van der Waals surface area (Å²) in [7, 11) is 3.14. The smallest absolute Gasteiger partial charge is 0.255 e. The lowest BCUT2D eigenvalue weighted by Gasteiger charge is -2.13. The number of benzene rings is 3. The van der Waals surface area contributed by atoms with Crippen LogP contribution in [0, 0.1) is 0 Å². The van der Waals surface area contributed by atoms with Gasteiger partial charge in [0, 0.05) is 18.3 Å². The van der Waals surface area contributed by atoms with E-state index in [-0.39, 0.29) is 12.5 Å². The lowest BCUT2D eigenvalue weighted by molar-refractivity contribution is 0.0917. The van der Waals surface area contributed by atoms with E-state index in [2.05, 4.69) is 5.32 Å².